The molecule has 2 aliphatic heterocycles. The number of β-lactam (4-membered cyclic amide) rings is 1. The van der Waals surface area contributed by atoms with Crippen LogP contribution in [0, 0.1) is 0 Å². The molecule has 10 heteroatoms. The Morgan fingerprint density at radius 1 is 0.800 bits per heavy atom. The number of nitrogens with one attached hydrogen (secondary N) is 1. The number of rotatable bonds is 11. The summed E-state index contributed by atoms with van der Waals surface area (Å²) in [6, 6.07) is 47.5. The number of esters is 1. The summed E-state index contributed by atoms with van der Waals surface area (Å²) in [5.41, 5.74) is 1.55. The number of hydrogen-bond donors (Lipinski definition) is 1. The van der Waals surface area contributed by atoms with Gasteiger partial charge in [-0.1, -0.05) is 131 Å². The quantitative estimate of drug-likeness (QED) is 0.0683. The van der Waals surface area contributed by atoms with Crippen LogP contribution in [0.3, 0.4) is 0 Å². The van der Waals surface area contributed by atoms with Crippen molar-refractivity contribution < 1.29 is 23.3 Å². The summed E-state index contributed by atoms with van der Waals surface area (Å²) in [4.78, 5) is 41.7. The molecule has 7 rings (SSSR count). The number of ether oxygens (including phenoxy) is 1. The number of alkyl halides is 1. The van der Waals surface area contributed by atoms with Gasteiger partial charge in [0.05, 0.1) is 6.16 Å². The zero-order valence-corrected chi connectivity index (χ0v) is 30.3. The molecule has 2 aliphatic rings. The highest BCUT2D eigenvalue weighted by molar-refractivity contribution is 9.10. The van der Waals surface area contributed by atoms with Crippen molar-refractivity contribution in [2.75, 3.05) is 11.9 Å². The molecule has 0 aromatic heterocycles. The molecule has 2 amide bonds. The monoisotopic (exact) mass is 765 g/mol. The molecular weight excluding hydrogens is 731 g/mol. The topological polar surface area (TPSA) is 92.8 Å². The number of halogens is 1. The van der Waals surface area contributed by atoms with Crippen LogP contribution in [-0.4, -0.2) is 61.1 Å². The van der Waals surface area contributed by atoms with E-state index in [-0.39, 0.29) is 5.75 Å². The highest BCUT2D eigenvalue weighted by Crippen LogP contribution is 2.61. The van der Waals surface area contributed by atoms with Crippen LogP contribution in [0.2, 0.25) is 0 Å². The first kappa shape index (κ1) is 34.0. The van der Waals surface area contributed by atoms with Gasteiger partial charge < -0.3 is 15.0 Å². The molecule has 0 saturated carbocycles. The summed E-state index contributed by atoms with van der Waals surface area (Å²) >= 11 is 4.07. The summed E-state index contributed by atoms with van der Waals surface area (Å²) in [5.74, 6) is -1.04. The average Bonchev–Trinajstić information content (AvgIpc) is 3.16. The molecule has 2 fully saturated rings. The number of amides is 2. The highest BCUT2D eigenvalue weighted by atomic mass is 79.9. The standard InChI is InChI=1S/C40H34BrN2O5PS/c41-40(26-49(31-20-10-3-11-21-31,32-22-12-4-13-23-32)33-24-14-5-15-25-33)27-50(47)38-34(42-28-44)37(45)43(38)36(40)39(46)48-35(29-16-6-1-7-17-29)30-18-8-2-9-19-30/h1-25,28,34-36,38H,26-27H2/p+1/t34-,36?,38-,40?,50+/m1/s1. The third-order valence-corrected chi connectivity index (χ3v) is 17.7. The zero-order chi connectivity index (χ0) is 34.7. The van der Waals surface area contributed by atoms with Crippen LogP contribution < -0.4 is 21.2 Å². The smallest absolute Gasteiger partial charge is 0.331 e. The predicted molar refractivity (Wildman–Crippen MR) is 203 cm³/mol. The Labute approximate surface area is 303 Å². The molecule has 0 radical (unpaired) electrons. The Kier molecular flexibility index (Phi) is 9.82. The van der Waals surface area contributed by atoms with Gasteiger partial charge in [-0.15, -0.1) is 0 Å². The fourth-order valence-corrected chi connectivity index (χ4v) is 16.1. The van der Waals surface area contributed by atoms with E-state index in [9.17, 15) is 18.6 Å². The molecule has 5 aromatic rings. The van der Waals surface area contributed by atoms with Crippen LogP contribution in [0.15, 0.2) is 152 Å². The van der Waals surface area contributed by atoms with Crippen LogP contribution >= 0.6 is 23.2 Å². The van der Waals surface area contributed by atoms with Crippen LogP contribution in [0.1, 0.15) is 17.2 Å². The first-order valence-corrected chi connectivity index (χ1v) is 20.5. The van der Waals surface area contributed by atoms with Gasteiger partial charge in [0.2, 0.25) is 12.3 Å². The molecule has 5 aromatic carbocycles. The third-order valence-electron chi connectivity index (χ3n) is 9.50. The first-order valence-electron chi connectivity index (χ1n) is 16.3. The highest BCUT2D eigenvalue weighted by Gasteiger charge is 2.68. The fraction of sp³-hybridized carbons (Fsp3) is 0.175. The van der Waals surface area contributed by atoms with Gasteiger partial charge in [-0.05, 0) is 47.5 Å². The summed E-state index contributed by atoms with van der Waals surface area (Å²) in [7, 11) is -4.24. The van der Waals surface area contributed by atoms with E-state index < -0.39 is 57.8 Å². The molecule has 5 atom stereocenters. The van der Waals surface area contributed by atoms with E-state index >= 15 is 0 Å². The minimum Gasteiger partial charge on any atom is -0.451 e. The van der Waals surface area contributed by atoms with Crippen molar-refractivity contribution in [1.82, 2.24) is 10.2 Å². The Morgan fingerprint density at radius 3 is 1.64 bits per heavy atom. The summed E-state index contributed by atoms with van der Waals surface area (Å²) in [6.45, 7) is 0. The number of nitrogens with zero attached hydrogens (tertiary/aromatic N) is 1. The summed E-state index contributed by atoms with van der Waals surface area (Å²) in [5, 5.41) is 4.91. The molecular formula is C40H35BrN2O5PS+. The van der Waals surface area contributed by atoms with Gasteiger partial charge in [0, 0.05) is 16.6 Å². The average molecular weight is 767 g/mol. The lowest BCUT2D eigenvalue weighted by molar-refractivity contribution is -0.169. The van der Waals surface area contributed by atoms with E-state index in [0.29, 0.717) is 12.6 Å². The molecule has 0 bridgehead atoms. The van der Waals surface area contributed by atoms with Gasteiger partial charge in [0.25, 0.3) is 0 Å². The van der Waals surface area contributed by atoms with Gasteiger partial charge in [0.15, 0.2) is 12.1 Å². The zero-order valence-electron chi connectivity index (χ0n) is 27.0. The second-order valence-electron chi connectivity index (χ2n) is 12.5. The van der Waals surface area contributed by atoms with Crippen LogP contribution in [-0.2, 0) is 29.9 Å². The van der Waals surface area contributed by atoms with Crippen molar-refractivity contribution in [1.29, 1.82) is 0 Å². The van der Waals surface area contributed by atoms with E-state index in [1.165, 1.54) is 4.90 Å². The van der Waals surface area contributed by atoms with Crippen molar-refractivity contribution in [2.24, 2.45) is 0 Å². The molecule has 2 saturated heterocycles. The first-order chi connectivity index (χ1) is 24.4. The number of hydrogen-bond acceptors (Lipinski definition) is 5. The molecule has 2 heterocycles. The maximum Gasteiger partial charge on any atom is 0.331 e. The molecule has 252 valence electrons. The number of benzene rings is 5. The molecule has 2 unspecified atom stereocenters. The van der Waals surface area contributed by atoms with Gasteiger partial charge in [0.1, 0.15) is 38.9 Å². The van der Waals surface area contributed by atoms with Crippen LogP contribution in [0.5, 0.6) is 0 Å². The Bertz CT molecular complexity index is 1860. The number of carbonyl (C=O) groups excluding carboxylic acids is 3. The second-order valence-corrected chi connectivity index (χ2v) is 19.1. The normalized spacial score (nSPS) is 23.0. The SMILES string of the molecule is O=CN[C@@H]1C(=O)N2C(C(=O)OC(c3ccccc3)c3ccccc3)C(Br)(C[P+](c3ccccc3)(c3ccccc3)c3ccccc3)C[S@](=O)[C@H]12. The lowest BCUT2D eigenvalue weighted by Crippen LogP contribution is -2.81. The Balaban J connectivity index is 1.39. The number of fused-ring (bicyclic) bond motifs is 1. The molecule has 0 spiro atoms. The fourth-order valence-electron chi connectivity index (χ4n) is 7.30. The van der Waals surface area contributed by atoms with Gasteiger partial charge >= 0.3 is 5.97 Å². The van der Waals surface area contributed by atoms with Crippen molar-refractivity contribution in [3.63, 3.8) is 0 Å². The molecule has 0 aliphatic carbocycles. The van der Waals surface area contributed by atoms with Gasteiger partial charge in [-0.3, -0.25) is 13.8 Å². The molecule has 7 nitrogen and oxygen atoms in total. The minimum absolute atomic E-state index is 0.0494. The van der Waals surface area contributed by atoms with Crippen molar-refractivity contribution in [2.45, 2.75) is 27.9 Å². The number of carbonyl (C=O) groups is 3. The van der Waals surface area contributed by atoms with Crippen molar-refractivity contribution in [3.05, 3.63) is 163 Å². The van der Waals surface area contributed by atoms with Gasteiger partial charge in [-0.2, -0.15) is 0 Å². The maximum atomic E-state index is 15.0. The lowest BCUT2D eigenvalue weighted by Gasteiger charge is -2.56. The van der Waals surface area contributed by atoms with E-state index in [0.717, 1.165) is 27.0 Å². The van der Waals surface area contributed by atoms with E-state index in [1.807, 2.05) is 115 Å². The van der Waals surface area contributed by atoms with Crippen molar-refractivity contribution >= 4 is 68.2 Å². The van der Waals surface area contributed by atoms with Crippen LogP contribution in [0.4, 0.5) is 0 Å². The third kappa shape index (κ3) is 6.12. The molecule has 1 N–H and O–H groups in total. The largest absolute Gasteiger partial charge is 0.451 e. The van der Waals surface area contributed by atoms with E-state index in [1.54, 1.807) is 0 Å². The Hall–Kier alpha value is -4.43. The predicted octanol–water partition coefficient (Wildman–Crippen LogP) is 4.86. The van der Waals surface area contributed by atoms with E-state index in [2.05, 4.69) is 57.6 Å². The van der Waals surface area contributed by atoms with Crippen LogP contribution in [0.25, 0.3) is 0 Å². The van der Waals surface area contributed by atoms with E-state index in [4.69, 9.17) is 4.74 Å². The second kappa shape index (κ2) is 14.4. The summed E-state index contributed by atoms with van der Waals surface area (Å²) < 4.78 is 19.5. The van der Waals surface area contributed by atoms with Crippen molar-refractivity contribution in [3.8, 4) is 0 Å². The lowest BCUT2D eigenvalue weighted by atomic mass is 9.94. The maximum absolute atomic E-state index is 15.0. The Morgan fingerprint density at radius 2 is 1.22 bits per heavy atom. The molecule has 50 heavy (non-hydrogen) atoms. The van der Waals surface area contributed by atoms with Gasteiger partial charge in [-0.25, -0.2) is 4.79 Å². The minimum atomic E-state index is -2.61. The summed E-state index contributed by atoms with van der Waals surface area (Å²) in [6.07, 6.45) is 0.0373.